The van der Waals surface area contributed by atoms with Crippen molar-refractivity contribution in [2.45, 2.75) is 13.1 Å². The summed E-state index contributed by atoms with van der Waals surface area (Å²) >= 11 is 0. The first-order chi connectivity index (χ1) is 15.0. The van der Waals surface area contributed by atoms with E-state index in [-0.39, 0.29) is 30.2 Å². The molecule has 0 N–H and O–H groups in total. The van der Waals surface area contributed by atoms with Crippen LogP contribution in [-0.4, -0.2) is 60.5 Å². The second-order valence-electron chi connectivity index (χ2n) is 7.22. The molecule has 2 aromatic rings. The van der Waals surface area contributed by atoms with Gasteiger partial charge in [-0.2, -0.15) is 13.2 Å². The molecule has 1 heterocycles. The Kier molecular flexibility index (Phi) is 6.66. The number of anilines is 1. The van der Waals surface area contributed by atoms with Gasteiger partial charge in [0.25, 0.3) is 11.6 Å². The Morgan fingerprint density at radius 2 is 1.69 bits per heavy atom. The number of benzene rings is 2. The van der Waals surface area contributed by atoms with Crippen LogP contribution in [0.25, 0.3) is 0 Å². The zero-order valence-electron chi connectivity index (χ0n) is 17.1. The van der Waals surface area contributed by atoms with Gasteiger partial charge in [0.15, 0.2) is 12.4 Å². The van der Waals surface area contributed by atoms with E-state index in [0.29, 0.717) is 18.7 Å². The van der Waals surface area contributed by atoms with Crippen molar-refractivity contribution < 1.29 is 32.4 Å². The predicted octanol–water partition coefficient (Wildman–Crippen LogP) is 3.70. The monoisotopic (exact) mass is 451 g/mol. The molecule has 8 nitrogen and oxygen atoms in total. The van der Waals surface area contributed by atoms with Gasteiger partial charge in [0, 0.05) is 43.5 Å². The first kappa shape index (κ1) is 23.0. The van der Waals surface area contributed by atoms with Crippen LogP contribution in [0.1, 0.15) is 27.6 Å². The molecular formula is C21H20F3N3O5. The number of carbonyl (C=O) groups excluding carboxylic acids is 2. The van der Waals surface area contributed by atoms with Crippen LogP contribution in [-0.2, 0) is 0 Å². The van der Waals surface area contributed by atoms with Crippen LogP contribution in [0, 0.1) is 10.1 Å². The minimum absolute atomic E-state index is 0.0463. The van der Waals surface area contributed by atoms with Gasteiger partial charge in [0.2, 0.25) is 0 Å². The minimum atomic E-state index is -4.58. The van der Waals surface area contributed by atoms with Crippen molar-refractivity contribution in [3.8, 4) is 5.75 Å². The summed E-state index contributed by atoms with van der Waals surface area (Å²) in [7, 11) is 0. The van der Waals surface area contributed by atoms with Crippen molar-refractivity contribution in [3.63, 3.8) is 0 Å². The lowest BCUT2D eigenvalue weighted by Crippen LogP contribution is -2.48. The smallest absolute Gasteiger partial charge is 0.422 e. The zero-order valence-corrected chi connectivity index (χ0v) is 17.1. The van der Waals surface area contributed by atoms with E-state index in [9.17, 15) is 32.9 Å². The zero-order chi connectivity index (χ0) is 23.5. The van der Waals surface area contributed by atoms with E-state index in [1.165, 1.54) is 11.8 Å². The van der Waals surface area contributed by atoms with E-state index in [1.54, 1.807) is 24.3 Å². The third-order valence-corrected chi connectivity index (χ3v) is 5.00. The maximum absolute atomic E-state index is 12.9. The van der Waals surface area contributed by atoms with E-state index in [2.05, 4.69) is 4.74 Å². The van der Waals surface area contributed by atoms with E-state index in [4.69, 9.17) is 0 Å². The summed E-state index contributed by atoms with van der Waals surface area (Å²) in [6.45, 7) is 1.32. The number of rotatable bonds is 6. The summed E-state index contributed by atoms with van der Waals surface area (Å²) < 4.78 is 41.9. The first-order valence-corrected chi connectivity index (χ1v) is 9.68. The lowest BCUT2D eigenvalue weighted by atomic mass is 10.1. The Morgan fingerprint density at radius 3 is 2.22 bits per heavy atom. The van der Waals surface area contributed by atoms with Gasteiger partial charge in [0.1, 0.15) is 11.3 Å². The molecule has 0 aliphatic carbocycles. The van der Waals surface area contributed by atoms with Crippen LogP contribution < -0.4 is 9.64 Å². The fourth-order valence-electron chi connectivity index (χ4n) is 3.35. The van der Waals surface area contributed by atoms with Gasteiger partial charge in [0.05, 0.1) is 4.92 Å². The van der Waals surface area contributed by atoms with E-state index >= 15 is 0 Å². The molecule has 0 radical (unpaired) electrons. The molecule has 0 bridgehead atoms. The van der Waals surface area contributed by atoms with Crippen molar-refractivity contribution in [2.75, 3.05) is 37.7 Å². The van der Waals surface area contributed by atoms with Crippen LogP contribution in [0.5, 0.6) is 5.75 Å². The van der Waals surface area contributed by atoms with Gasteiger partial charge in [-0.3, -0.25) is 19.7 Å². The molecule has 32 heavy (non-hydrogen) atoms. The Bertz CT molecular complexity index is 1020. The van der Waals surface area contributed by atoms with Crippen molar-refractivity contribution in [2.24, 2.45) is 0 Å². The number of nitro groups is 1. The average molecular weight is 451 g/mol. The second kappa shape index (κ2) is 9.25. The number of ether oxygens (including phenoxy) is 1. The minimum Gasteiger partial charge on any atom is -0.484 e. The lowest BCUT2D eigenvalue weighted by Gasteiger charge is -2.36. The fraction of sp³-hybridized carbons (Fsp3) is 0.333. The van der Waals surface area contributed by atoms with Crippen molar-refractivity contribution >= 4 is 23.1 Å². The average Bonchev–Trinajstić information content (AvgIpc) is 2.76. The molecule has 1 fully saturated rings. The molecule has 0 spiro atoms. The van der Waals surface area contributed by atoms with Crippen LogP contribution >= 0.6 is 0 Å². The molecule has 11 heteroatoms. The number of ketones is 1. The van der Waals surface area contributed by atoms with Gasteiger partial charge >= 0.3 is 6.18 Å². The van der Waals surface area contributed by atoms with Crippen LogP contribution in [0.2, 0.25) is 0 Å². The quantitative estimate of drug-likeness (QED) is 0.378. The second-order valence-corrected chi connectivity index (χ2v) is 7.22. The van der Waals surface area contributed by atoms with Gasteiger partial charge in [-0.15, -0.1) is 0 Å². The Morgan fingerprint density at radius 1 is 1.06 bits per heavy atom. The molecule has 1 aliphatic heterocycles. The number of nitrogens with zero attached hydrogens (tertiary/aromatic N) is 3. The highest BCUT2D eigenvalue weighted by molar-refractivity contribution is 5.98. The molecule has 170 valence electrons. The molecule has 1 saturated heterocycles. The summed E-state index contributed by atoms with van der Waals surface area (Å²) in [5.74, 6) is -0.976. The molecule has 1 amide bonds. The Balaban J connectivity index is 1.72. The number of Topliss-reactive ketones (excluding diaryl/α,β-unsaturated/α-hetero) is 1. The van der Waals surface area contributed by atoms with Gasteiger partial charge in [-0.1, -0.05) is 0 Å². The highest BCUT2D eigenvalue weighted by Crippen LogP contribution is 2.28. The molecule has 0 atom stereocenters. The molecule has 0 aromatic heterocycles. The van der Waals surface area contributed by atoms with Gasteiger partial charge in [-0.05, 0) is 43.3 Å². The number of nitro benzene ring substituents is 1. The first-order valence-electron chi connectivity index (χ1n) is 9.68. The summed E-state index contributed by atoms with van der Waals surface area (Å²) in [5.41, 5.74) is 0.628. The highest BCUT2D eigenvalue weighted by Gasteiger charge is 2.31. The number of alkyl halides is 3. The number of amides is 1. The third kappa shape index (κ3) is 5.54. The van der Waals surface area contributed by atoms with Crippen LogP contribution in [0.4, 0.5) is 24.5 Å². The normalized spacial score (nSPS) is 14.2. The van der Waals surface area contributed by atoms with Crippen LogP contribution in [0.3, 0.4) is 0 Å². The van der Waals surface area contributed by atoms with Crippen molar-refractivity contribution in [1.29, 1.82) is 0 Å². The van der Waals surface area contributed by atoms with Gasteiger partial charge in [-0.25, -0.2) is 0 Å². The highest BCUT2D eigenvalue weighted by atomic mass is 19.4. The number of hydrogen-bond acceptors (Lipinski definition) is 6. The van der Waals surface area contributed by atoms with Crippen molar-refractivity contribution in [1.82, 2.24) is 4.90 Å². The summed E-state index contributed by atoms with van der Waals surface area (Å²) in [6, 6.07) is 10.0. The number of halogens is 3. The number of hydrogen-bond donors (Lipinski definition) is 0. The lowest BCUT2D eigenvalue weighted by molar-refractivity contribution is -0.385. The number of piperazine rings is 1. The molecular weight excluding hydrogens is 431 g/mol. The van der Waals surface area contributed by atoms with Gasteiger partial charge < -0.3 is 14.5 Å². The Labute approximate surface area is 181 Å². The molecule has 2 aromatic carbocycles. The summed E-state index contributed by atoms with van der Waals surface area (Å²) in [6.07, 6.45) is -4.58. The molecule has 0 saturated carbocycles. The summed E-state index contributed by atoms with van der Waals surface area (Å²) in [4.78, 5) is 38.3. The third-order valence-electron chi connectivity index (χ3n) is 5.00. The molecule has 0 unspecified atom stereocenters. The number of carbonyl (C=O) groups is 2. The maximum atomic E-state index is 12.9. The Hall–Kier alpha value is -3.63. The SMILES string of the molecule is CC(=O)c1ccc(N2CCN(C(=O)c3cc(OCC(F)(F)F)ccc3[N+](=O)[O-])CC2)cc1. The topological polar surface area (TPSA) is 93.0 Å². The van der Waals surface area contributed by atoms with Crippen LogP contribution in [0.15, 0.2) is 42.5 Å². The standard InChI is InChI=1S/C21H20F3N3O5/c1-14(28)15-2-4-16(5-3-15)25-8-10-26(11-9-25)20(29)18-12-17(32-13-21(22,23)24)6-7-19(18)27(30)31/h2-7,12H,8-11,13H2,1H3. The predicted molar refractivity (Wildman–Crippen MR) is 109 cm³/mol. The largest absolute Gasteiger partial charge is 0.484 e. The maximum Gasteiger partial charge on any atom is 0.422 e. The van der Waals surface area contributed by atoms with Crippen molar-refractivity contribution in [3.05, 3.63) is 63.7 Å². The van der Waals surface area contributed by atoms with E-state index < -0.39 is 29.3 Å². The summed E-state index contributed by atoms with van der Waals surface area (Å²) in [5, 5.41) is 11.3. The van der Waals surface area contributed by atoms with E-state index in [1.807, 2.05) is 4.90 Å². The molecule has 1 aliphatic rings. The molecule has 3 rings (SSSR count). The fourth-order valence-corrected chi connectivity index (χ4v) is 3.35. The van der Waals surface area contributed by atoms with E-state index in [0.717, 1.165) is 23.9 Å².